The van der Waals surface area contributed by atoms with Crippen LogP contribution in [-0.2, 0) is 11.2 Å². The highest BCUT2D eigenvalue weighted by Gasteiger charge is 2.10. The van der Waals surface area contributed by atoms with E-state index in [1.54, 1.807) is 18.2 Å². The lowest BCUT2D eigenvalue weighted by Crippen LogP contribution is -2.20. The summed E-state index contributed by atoms with van der Waals surface area (Å²) in [7, 11) is 0. The molecule has 5 nitrogen and oxygen atoms in total. The fraction of sp³-hybridized carbons (Fsp3) is 0.105. The minimum Gasteiger partial charge on any atom is -0.423 e. The van der Waals surface area contributed by atoms with Gasteiger partial charge in [0.25, 0.3) is 0 Å². The third-order valence-electron chi connectivity index (χ3n) is 3.61. The van der Waals surface area contributed by atoms with Crippen LogP contribution in [0.4, 0.5) is 4.39 Å². The zero-order chi connectivity index (χ0) is 17.8. The molecule has 0 bridgehead atoms. The summed E-state index contributed by atoms with van der Waals surface area (Å²) in [5.74, 6) is -0.710. The van der Waals surface area contributed by atoms with E-state index < -0.39 is 5.63 Å². The molecule has 6 heteroatoms. The van der Waals surface area contributed by atoms with Gasteiger partial charge in [0.1, 0.15) is 11.4 Å². The van der Waals surface area contributed by atoms with E-state index >= 15 is 0 Å². The summed E-state index contributed by atoms with van der Waals surface area (Å²) in [5.41, 5.74) is 4.56. The molecule has 1 heterocycles. The van der Waals surface area contributed by atoms with Gasteiger partial charge in [0.15, 0.2) is 0 Å². The lowest BCUT2D eigenvalue weighted by atomic mass is 10.1. The topological polar surface area (TPSA) is 71.7 Å². The number of amides is 1. The van der Waals surface area contributed by atoms with Crippen LogP contribution in [0.5, 0.6) is 0 Å². The Morgan fingerprint density at radius 3 is 2.72 bits per heavy atom. The van der Waals surface area contributed by atoms with Gasteiger partial charge in [0.05, 0.1) is 12.6 Å². The summed E-state index contributed by atoms with van der Waals surface area (Å²) in [6.07, 6.45) is 1.41. The van der Waals surface area contributed by atoms with Gasteiger partial charge < -0.3 is 4.42 Å². The Balaban J connectivity index is 1.74. The molecular weight excluding hydrogens is 323 g/mol. The van der Waals surface area contributed by atoms with Crippen LogP contribution in [0.15, 0.2) is 62.8 Å². The standard InChI is InChI=1S/C19H15FN2O3/c1-12-2-7-17-16(8-12)14(10-19(24)25-17)9-18(23)22-21-11-13-3-5-15(20)6-4-13/h2-8,10-11H,9H2,1H3,(H,22,23)/b21-11+. The highest BCUT2D eigenvalue weighted by atomic mass is 19.1. The normalized spacial score (nSPS) is 11.1. The number of hydrazone groups is 1. The van der Waals surface area contributed by atoms with E-state index in [9.17, 15) is 14.0 Å². The molecule has 0 spiro atoms. The van der Waals surface area contributed by atoms with Crippen LogP contribution in [0, 0.1) is 12.7 Å². The Morgan fingerprint density at radius 2 is 1.96 bits per heavy atom. The molecule has 0 aliphatic heterocycles. The molecule has 25 heavy (non-hydrogen) atoms. The first-order chi connectivity index (χ1) is 12.0. The summed E-state index contributed by atoms with van der Waals surface area (Å²) in [6, 6.07) is 12.4. The second-order valence-corrected chi connectivity index (χ2v) is 5.61. The SMILES string of the molecule is Cc1ccc2oc(=O)cc(CC(=O)N/N=C/c3ccc(F)cc3)c2c1. The average Bonchev–Trinajstić information content (AvgIpc) is 2.57. The molecule has 1 aromatic heterocycles. The summed E-state index contributed by atoms with van der Waals surface area (Å²) >= 11 is 0. The zero-order valence-electron chi connectivity index (χ0n) is 13.5. The van der Waals surface area contributed by atoms with Gasteiger partial charge in [0, 0.05) is 11.5 Å². The molecule has 2 aromatic carbocycles. The van der Waals surface area contributed by atoms with Crippen molar-refractivity contribution < 1.29 is 13.6 Å². The fourth-order valence-electron chi connectivity index (χ4n) is 2.43. The van der Waals surface area contributed by atoms with E-state index in [1.165, 1.54) is 24.4 Å². The molecule has 1 amide bonds. The van der Waals surface area contributed by atoms with Crippen molar-refractivity contribution in [2.24, 2.45) is 5.10 Å². The monoisotopic (exact) mass is 338 g/mol. The van der Waals surface area contributed by atoms with Gasteiger partial charge in [-0.1, -0.05) is 23.8 Å². The molecule has 0 saturated heterocycles. The number of benzene rings is 2. The molecule has 0 radical (unpaired) electrons. The second kappa shape index (κ2) is 7.09. The van der Waals surface area contributed by atoms with Crippen LogP contribution >= 0.6 is 0 Å². The van der Waals surface area contributed by atoms with Crippen LogP contribution in [0.3, 0.4) is 0 Å². The van der Waals surface area contributed by atoms with Crippen LogP contribution in [0.1, 0.15) is 16.7 Å². The van der Waals surface area contributed by atoms with Gasteiger partial charge >= 0.3 is 5.63 Å². The quantitative estimate of drug-likeness (QED) is 0.452. The number of aryl methyl sites for hydroxylation is 1. The lowest BCUT2D eigenvalue weighted by Gasteiger charge is -2.05. The van der Waals surface area contributed by atoms with E-state index in [1.807, 2.05) is 19.1 Å². The van der Waals surface area contributed by atoms with Crippen molar-refractivity contribution in [2.75, 3.05) is 0 Å². The van der Waals surface area contributed by atoms with Crippen LogP contribution < -0.4 is 11.1 Å². The van der Waals surface area contributed by atoms with Gasteiger partial charge in [0.2, 0.25) is 5.91 Å². The first-order valence-corrected chi connectivity index (χ1v) is 7.62. The highest BCUT2D eigenvalue weighted by molar-refractivity contribution is 5.88. The summed E-state index contributed by atoms with van der Waals surface area (Å²) < 4.78 is 18.0. The second-order valence-electron chi connectivity index (χ2n) is 5.61. The lowest BCUT2D eigenvalue weighted by molar-refractivity contribution is -0.120. The summed E-state index contributed by atoms with van der Waals surface area (Å²) in [4.78, 5) is 23.7. The van der Waals surface area contributed by atoms with Gasteiger partial charge in [-0.2, -0.15) is 5.10 Å². The largest absolute Gasteiger partial charge is 0.423 e. The van der Waals surface area contributed by atoms with E-state index in [0.717, 1.165) is 10.9 Å². The van der Waals surface area contributed by atoms with E-state index in [2.05, 4.69) is 10.5 Å². The summed E-state index contributed by atoms with van der Waals surface area (Å²) in [5, 5.41) is 4.56. The molecule has 0 aliphatic carbocycles. The van der Waals surface area contributed by atoms with Crippen molar-refractivity contribution in [2.45, 2.75) is 13.3 Å². The number of carbonyl (C=O) groups excluding carboxylic acids is 1. The number of halogens is 1. The molecule has 126 valence electrons. The van der Waals surface area contributed by atoms with Crippen molar-refractivity contribution in [1.29, 1.82) is 0 Å². The Bertz CT molecular complexity index is 1010. The molecule has 0 aliphatic rings. The van der Waals surface area contributed by atoms with Crippen LogP contribution in [0.2, 0.25) is 0 Å². The van der Waals surface area contributed by atoms with Crippen LogP contribution in [0.25, 0.3) is 11.0 Å². The number of nitrogens with one attached hydrogen (secondary N) is 1. The predicted molar refractivity (Wildman–Crippen MR) is 93.1 cm³/mol. The zero-order valence-corrected chi connectivity index (χ0v) is 13.5. The number of hydrogen-bond donors (Lipinski definition) is 1. The van der Waals surface area contributed by atoms with E-state index in [-0.39, 0.29) is 18.1 Å². The molecule has 0 unspecified atom stereocenters. The van der Waals surface area contributed by atoms with Crippen LogP contribution in [-0.4, -0.2) is 12.1 Å². The first kappa shape index (κ1) is 16.6. The molecule has 3 rings (SSSR count). The van der Waals surface area contributed by atoms with Gasteiger partial charge in [-0.15, -0.1) is 0 Å². The van der Waals surface area contributed by atoms with Gasteiger partial charge in [-0.25, -0.2) is 14.6 Å². The molecule has 0 atom stereocenters. The molecular formula is C19H15FN2O3. The Morgan fingerprint density at radius 1 is 1.20 bits per heavy atom. The van der Waals surface area contributed by atoms with E-state index in [0.29, 0.717) is 16.7 Å². The average molecular weight is 338 g/mol. The first-order valence-electron chi connectivity index (χ1n) is 7.62. The Hall–Kier alpha value is -3.28. The third kappa shape index (κ3) is 4.17. The van der Waals surface area contributed by atoms with Gasteiger partial charge in [-0.3, -0.25) is 4.79 Å². The molecule has 1 N–H and O–H groups in total. The van der Waals surface area contributed by atoms with Crippen molar-refractivity contribution in [1.82, 2.24) is 5.43 Å². The fourth-order valence-corrected chi connectivity index (χ4v) is 2.43. The minimum absolute atomic E-state index is 0.00763. The smallest absolute Gasteiger partial charge is 0.336 e. The summed E-state index contributed by atoms with van der Waals surface area (Å²) in [6.45, 7) is 1.92. The number of fused-ring (bicyclic) bond motifs is 1. The van der Waals surface area contributed by atoms with Crippen molar-refractivity contribution in [3.63, 3.8) is 0 Å². The maximum absolute atomic E-state index is 12.8. The van der Waals surface area contributed by atoms with Crippen molar-refractivity contribution in [3.8, 4) is 0 Å². The Labute approximate surface area is 142 Å². The third-order valence-corrected chi connectivity index (χ3v) is 3.61. The predicted octanol–water partition coefficient (Wildman–Crippen LogP) is 2.93. The highest BCUT2D eigenvalue weighted by Crippen LogP contribution is 2.19. The maximum atomic E-state index is 12.8. The molecule has 3 aromatic rings. The number of hydrogen-bond acceptors (Lipinski definition) is 4. The number of nitrogens with zero attached hydrogens (tertiary/aromatic N) is 1. The molecule has 0 saturated carbocycles. The van der Waals surface area contributed by atoms with Crippen molar-refractivity contribution in [3.05, 3.63) is 81.5 Å². The van der Waals surface area contributed by atoms with E-state index in [4.69, 9.17) is 4.42 Å². The molecule has 0 fully saturated rings. The number of rotatable bonds is 4. The number of carbonyl (C=O) groups is 1. The maximum Gasteiger partial charge on any atom is 0.336 e. The minimum atomic E-state index is -0.506. The Kier molecular flexibility index (Phi) is 4.70. The van der Waals surface area contributed by atoms with Crippen molar-refractivity contribution >= 4 is 23.1 Å². The van der Waals surface area contributed by atoms with Gasteiger partial charge in [-0.05, 0) is 42.3 Å².